The number of fused-ring (bicyclic) bond motifs is 1. The van der Waals surface area contributed by atoms with Gasteiger partial charge >= 0.3 is 0 Å². The van der Waals surface area contributed by atoms with E-state index in [1.807, 2.05) is 43.3 Å². The number of ether oxygens (including phenoxy) is 1. The topological polar surface area (TPSA) is 44.1 Å². The molecule has 0 saturated carbocycles. The summed E-state index contributed by atoms with van der Waals surface area (Å²) in [6.07, 6.45) is 2.44. The number of thioether (sulfide) groups is 1. The molecule has 1 atom stereocenters. The lowest BCUT2D eigenvalue weighted by Crippen LogP contribution is -2.23. The van der Waals surface area contributed by atoms with Crippen LogP contribution in [-0.2, 0) is 4.74 Å². The van der Waals surface area contributed by atoms with E-state index in [2.05, 4.69) is 13.0 Å². The third kappa shape index (κ3) is 3.29. The average molecular weight is 366 g/mol. The lowest BCUT2D eigenvalue weighted by Gasteiger charge is -2.16. The van der Waals surface area contributed by atoms with Gasteiger partial charge < -0.3 is 4.74 Å². The van der Waals surface area contributed by atoms with E-state index in [9.17, 15) is 4.79 Å². The Hall–Kier alpha value is -2.11. The zero-order chi connectivity index (χ0) is 18.1. The van der Waals surface area contributed by atoms with Crippen molar-refractivity contribution < 1.29 is 4.74 Å². The molecule has 0 unspecified atom stereocenters. The van der Waals surface area contributed by atoms with Gasteiger partial charge in [-0.2, -0.15) is 0 Å². The lowest BCUT2D eigenvalue weighted by molar-refractivity contribution is 0.129. The van der Waals surface area contributed by atoms with Crippen LogP contribution in [0.25, 0.3) is 16.6 Å². The molecule has 4 rings (SSSR count). The molecule has 0 bridgehead atoms. The van der Waals surface area contributed by atoms with Crippen molar-refractivity contribution in [3.05, 3.63) is 63.9 Å². The van der Waals surface area contributed by atoms with Crippen LogP contribution in [0.5, 0.6) is 0 Å². The van der Waals surface area contributed by atoms with Gasteiger partial charge in [-0.05, 0) is 50.5 Å². The van der Waals surface area contributed by atoms with E-state index in [1.54, 1.807) is 16.3 Å². The Morgan fingerprint density at radius 1 is 1.23 bits per heavy atom. The number of rotatable bonds is 4. The monoisotopic (exact) mass is 366 g/mol. The van der Waals surface area contributed by atoms with Gasteiger partial charge in [-0.25, -0.2) is 4.98 Å². The summed E-state index contributed by atoms with van der Waals surface area (Å²) < 4.78 is 7.50. The molecule has 0 amide bonds. The highest BCUT2D eigenvalue weighted by atomic mass is 32.2. The molecule has 0 spiro atoms. The Kier molecular flexibility index (Phi) is 4.83. The van der Waals surface area contributed by atoms with Crippen LogP contribution >= 0.6 is 11.8 Å². The molecule has 134 valence electrons. The van der Waals surface area contributed by atoms with Crippen LogP contribution in [0.1, 0.15) is 24.0 Å². The van der Waals surface area contributed by atoms with Crippen molar-refractivity contribution in [2.75, 3.05) is 12.4 Å². The first-order valence-corrected chi connectivity index (χ1v) is 9.96. The second kappa shape index (κ2) is 7.25. The Morgan fingerprint density at radius 2 is 2.08 bits per heavy atom. The van der Waals surface area contributed by atoms with E-state index in [1.165, 1.54) is 5.56 Å². The smallest absolute Gasteiger partial charge is 0.266 e. The summed E-state index contributed by atoms with van der Waals surface area (Å²) >= 11 is 1.61. The second-order valence-electron chi connectivity index (χ2n) is 6.79. The Morgan fingerprint density at radius 3 is 2.85 bits per heavy atom. The third-order valence-electron chi connectivity index (χ3n) is 4.76. The molecule has 0 aliphatic carbocycles. The van der Waals surface area contributed by atoms with Crippen LogP contribution in [0, 0.1) is 13.8 Å². The van der Waals surface area contributed by atoms with Crippen molar-refractivity contribution in [2.45, 2.75) is 37.9 Å². The molecule has 4 nitrogen and oxygen atoms in total. The maximum atomic E-state index is 13.3. The molecule has 2 aromatic carbocycles. The summed E-state index contributed by atoms with van der Waals surface area (Å²) in [6.45, 7) is 4.93. The molecule has 5 heteroatoms. The largest absolute Gasteiger partial charge is 0.377 e. The molecule has 1 saturated heterocycles. The SMILES string of the molecule is Cc1ccc(-n2c(SC[C@H]3CCCO3)nc3ccccc3c2=O)c(C)c1. The normalized spacial score (nSPS) is 17.1. The van der Waals surface area contributed by atoms with Gasteiger partial charge in [-0.3, -0.25) is 9.36 Å². The van der Waals surface area contributed by atoms with Crippen LogP contribution < -0.4 is 5.56 Å². The number of hydrogen-bond acceptors (Lipinski definition) is 4. The molecule has 1 fully saturated rings. The van der Waals surface area contributed by atoms with Gasteiger partial charge in [0, 0.05) is 12.4 Å². The van der Waals surface area contributed by atoms with Crippen LogP contribution in [0.4, 0.5) is 0 Å². The Balaban J connectivity index is 1.85. The van der Waals surface area contributed by atoms with E-state index < -0.39 is 0 Å². The van der Waals surface area contributed by atoms with E-state index in [0.717, 1.165) is 47.1 Å². The fourth-order valence-corrected chi connectivity index (χ4v) is 4.49. The number of hydrogen-bond donors (Lipinski definition) is 0. The third-order valence-corrected chi connectivity index (χ3v) is 5.83. The minimum atomic E-state index is -0.0163. The van der Waals surface area contributed by atoms with E-state index in [0.29, 0.717) is 5.39 Å². The van der Waals surface area contributed by atoms with Crippen molar-refractivity contribution in [3.8, 4) is 5.69 Å². The lowest BCUT2D eigenvalue weighted by atomic mass is 10.1. The first kappa shape index (κ1) is 17.3. The molecule has 0 radical (unpaired) electrons. The van der Waals surface area contributed by atoms with Gasteiger partial charge in [0.1, 0.15) is 0 Å². The minimum absolute atomic E-state index is 0.0163. The molecule has 3 aromatic rings. The highest BCUT2D eigenvalue weighted by Crippen LogP contribution is 2.26. The summed E-state index contributed by atoms with van der Waals surface area (Å²) in [5.41, 5.74) is 3.88. The first-order chi connectivity index (χ1) is 12.6. The molecule has 1 aromatic heterocycles. The predicted molar refractivity (Wildman–Crippen MR) is 107 cm³/mol. The summed E-state index contributed by atoms with van der Waals surface area (Å²) in [6, 6.07) is 13.7. The summed E-state index contributed by atoms with van der Waals surface area (Å²) in [7, 11) is 0. The highest BCUT2D eigenvalue weighted by molar-refractivity contribution is 7.99. The fraction of sp³-hybridized carbons (Fsp3) is 0.333. The Bertz CT molecular complexity index is 1010. The number of aromatic nitrogens is 2. The van der Waals surface area contributed by atoms with Crippen LogP contribution in [0.3, 0.4) is 0 Å². The van der Waals surface area contributed by atoms with E-state index >= 15 is 0 Å². The van der Waals surface area contributed by atoms with Crippen LogP contribution in [-0.4, -0.2) is 28.0 Å². The van der Waals surface area contributed by atoms with Crippen LogP contribution in [0.2, 0.25) is 0 Å². The number of benzene rings is 2. The minimum Gasteiger partial charge on any atom is -0.377 e. The van der Waals surface area contributed by atoms with Crippen LogP contribution in [0.15, 0.2) is 52.4 Å². The zero-order valence-electron chi connectivity index (χ0n) is 15.1. The van der Waals surface area contributed by atoms with Crippen molar-refractivity contribution in [2.24, 2.45) is 0 Å². The van der Waals surface area contributed by atoms with E-state index in [-0.39, 0.29) is 11.7 Å². The number of aryl methyl sites for hydroxylation is 2. The van der Waals surface area contributed by atoms with Gasteiger partial charge in [-0.1, -0.05) is 41.6 Å². The van der Waals surface area contributed by atoms with Crippen molar-refractivity contribution in [1.29, 1.82) is 0 Å². The maximum absolute atomic E-state index is 13.3. The van der Waals surface area contributed by atoms with Gasteiger partial charge in [0.25, 0.3) is 5.56 Å². The maximum Gasteiger partial charge on any atom is 0.266 e. The summed E-state index contributed by atoms with van der Waals surface area (Å²) in [4.78, 5) is 18.1. The average Bonchev–Trinajstić information content (AvgIpc) is 3.15. The molecule has 26 heavy (non-hydrogen) atoms. The van der Waals surface area contributed by atoms with Crippen molar-refractivity contribution in [3.63, 3.8) is 0 Å². The second-order valence-corrected chi connectivity index (χ2v) is 7.78. The molecular weight excluding hydrogens is 344 g/mol. The molecule has 1 aliphatic rings. The van der Waals surface area contributed by atoms with Gasteiger partial charge in [-0.15, -0.1) is 0 Å². The standard InChI is InChI=1S/C21H22N2O2S/c1-14-9-10-19(15(2)12-14)23-20(24)17-7-3-4-8-18(17)22-21(23)26-13-16-6-5-11-25-16/h3-4,7-10,12,16H,5-6,11,13H2,1-2H3/t16-/m1/s1. The molecule has 2 heterocycles. The fourth-order valence-electron chi connectivity index (χ4n) is 3.42. The van der Waals surface area contributed by atoms with Gasteiger partial charge in [0.15, 0.2) is 5.16 Å². The quantitative estimate of drug-likeness (QED) is 0.511. The number of nitrogens with zero attached hydrogens (tertiary/aromatic N) is 2. The molecular formula is C21H22N2O2S. The highest BCUT2D eigenvalue weighted by Gasteiger charge is 2.19. The van der Waals surface area contributed by atoms with Gasteiger partial charge in [0.05, 0.1) is 22.7 Å². The Labute approximate surface area is 157 Å². The van der Waals surface area contributed by atoms with Crippen molar-refractivity contribution >= 4 is 22.7 Å². The summed E-state index contributed by atoms with van der Waals surface area (Å²) in [5.74, 6) is 0.815. The summed E-state index contributed by atoms with van der Waals surface area (Å²) in [5, 5.41) is 1.38. The van der Waals surface area contributed by atoms with Crippen molar-refractivity contribution in [1.82, 2.24) is 9.55 Å². The first-order valence-electron chi connectivity index (χ1n) is 8.97. The van der Waals surface area contributed by atoms with Gasteiger partial charge in [0.2, 0.25) is 0 Å². The predicted octanol–water partition coefficient (Wildman–Crippen LogP) is 4.27. The molecule has 1 aliphatic heterocycles. The molecule has 0 N–H and O–H groups in total. The van der Waals surface area contributed by atoms with E-state index in [4.69, 9.17) is 9.72 Å². The number of para-hydroxylation sites is 1. The zero-order valence-corrected chi connectivity index (χ0v) is 15.9.